The maximum absolute atomic E-state index is 9.50. The molecule has 0 aliphatic carbocycles. The minimum absolute atomic E-state index is 0.00698. The first-order chi connectivity index (χ1) is 9.74. The van der Waals surface area contributed by atoms with Crippen LogP contribution in [0.5, 0.6) is 5.75 Å². The third kappa shape index (κ3) is 3.84. The number of aliphatic hydroxyl groups is 1. The molecular formula is C17H19BrO2. The lowest BCUT2D eigenvalue weighted by Crippen LogP contribution is -2.01. The van der Waals surface area contributed by atoms with Crippen LogP contribution < -0.4 is 4.74 Å². The molecule has 0 aliphatic rings. The zero-order valence-corrected chi connectivity index (χ0v) is 13.1. The second kappa shape index (κ2) is 7.46. The number of rotatable bonds is 6. The van der Waals surface area contributed by atoms with Gasteiger partial charge in [0, 0.05) is 10.9 Å². The van der Waals surface area contributed by atoms with Gasteiger partial charge in [-0.15, -0.1) is 0 Å². The number of ether oxygens (including phenoxy) is 1. The van der Waals surface area contributed by atoms with Crippen molar-refractivity contribution in [3.05, 3.63) is 65.2 Å². The molecule has 1 atom stereocenters. The quantitative estimate of drug-likeness (QED) is 0.800. The maximum atomic E-state index is 9.50. The van der Waals surface area contributed by atoms with Crippen molar-refractivity contribution in [2.45, 2.75) is 26.1 Å². The molecule has 0 bridgehead atoms. The molecule has 106 valence electrons. The van der Waals surface area contributed by atoms with Gasteiger partial charge in [0.05, 0.1) is 6.61 Å². The molecule has 0 saturated heterocycles. The second-order valence-corrected chi connectivity index (χ2v) is 5.50. The summed E-state index contributed by atoms with van der Waals surface area (Å²) >= 11 is 3.48. The van der Waals surface area contributed by atoms with Crippen molar-refractivity contribution in [2.24, 2.45) is 0 Å². The van der Waals surface area contributed by atoms with Gasteiger partial charge in [0.15, 0.2) is 0 Å². The van der Waals surface area contributed by atoms with E-state index < -0.39 is 0 Å². The molecule has 0 aliphatic heterocycles. The summed E-state index contributed by atoms with van der Waals surface area (Å²) in [5.41, 5.74) is 3.17. The third-order valence-electron chi connectivity index (χ3n) is 3.29. The van der Waals surface area contributed by atoms with E-state index >= 15 is 0 Å². The van der Waals surface area contributed by atoms with Gasteiger partial charge in [-0.05, 0) is 29.2 Å². The zero-order valence-electron chi connectivity index (χ0n) is 11.6. The minimum Gasteiger partial charge on any atom is -0.489 e. The van der Waals surface area contributed by atoms with Crippen molar-refractivity contribution < 1.29 is 9.84 Å². The predicted molar refractivity (Wildman–Crippen MR) is 85.3 cm³/mol. The Morgan fingerprint density at radius 1 is 1.15 bits per heavy atom. The summed E-state index contributed by atoms with van der Waals surface area (Å²) in [4.78, 5) is 0. The van der Waals surface area contributed by atoms with Gasteiger partial charge >= 0.3 is 0 Å². The number of hydrogen-bond acceptors (Lipinski definition) is 2. The standard InChI is InChI=1S/C17H19BrO2/c1-13(10-18)15-7-8-17(16(9-15)11-19)20-12-14-5-3-2-4-6-14/h2-9,13,19H,10-12H2,1H3/t13-/m0/s1. The molecule has 0 amide bonds. The van der Waals surface area contributed by atoms with E-state index in [9.17, 15) is 5.11 Å². The second-order valence-electron chi connectivity index (χ2n) is 4.85. The highest BCUT2D eigenvalue weighted by Crippen LogP contribution is 2.26. The summed E-state index contributed by atoms with van der Waals surface area (Å²) in [5, 5.41) is 10.4. The van der Waals surface area contributed by atoms with E-state index in [1.807, 2.05) is 42.5 Å². The van der Waals surface area contributed by atoms with Gasteiger partial charge in [0.1, 0.15) is 12.4 Å². The summed E-state index contributed by atoms with van der Waals surface area (Å²) in [6.45, 7) is 2.66. The zero-order chi connectivity index (χ0) is 14.4. The molecule has 3 heteroatoms. The lowest BCUT2D eigenvalue weighted by Gasteiger charge is -2.14. The Balaban J connectivity index is 2.11. The predicted octanol–water partition coefficient (Wildman–Crippen LogP) is 4.26. The van der Waals surface area contributed by atoms with Crippen LogP contribution >= 0.6 is 15.9 Å². The van der Waals surface area contributed by atoms with E-state index in [1.54, 1.807) is 0 Å². The highest BCUT2D eigenvalue weighted by Gasteiger charge is 2.09. The molecule has 0 unspecified atom stereocenters. The monoisotopic (exact) mass is 334 g/mol. The topological polar surface area (TPSA) is 29.5 Å². The van der Waals surface area contributed by atoms with Crippen LogP contribution in [0.2, 0.25) is 0 Å². The number of alkyl halides is 1. The Hall–Kier alpha value is -1.32. The fourth-order valence-electron chi connectivity index (χ4n) is 1.99. The average Bonchev–Trinajstić information content (AvgIpc) is 2.53. The van der Waals surface area contributed by atoms with Crippen LogP contribution in [0, 0.1) is 0 Å². The molecule has 0 spiro atoms. The summed E-state index contributed by atoms with van der Waals surface area (Å²) in [5.74, 6) is 1.17. The summed E-state index contributed by atoms with van der Waals surface area (Å²) in [6, 6.07) is 16.1. The largest absolute Gasteiger partial charge is 0.489 e. The molecule has 0 radical (unpaired) electrons. The Labute approximate surface area is 128 Å². The van der Waals surface area contributed by atoms with Gasteiger partial charge in [0.25, 0.3) is 0 Å². The van der Waals surface area contributed by atoms with E-state index in [0.29, 0.717) is 12.5 Å². The molecule has 1 N–H and O–H groups in total. The first-order valence-electron chi connectivity index (χ1n) is 6.71. The summed E-state index contributed by atoms with van der Waals surface area (Å²) in [7, 11) is 0. The molecule has 0 aromatic heterocycles. The molecular weight excluding hydrogens is 316 g/mol. The van der Waals surface area contributed by atoms with E-state index in [1.165, 1.54) is 5.56 Å². The van der Waals surface area contributed by atoms with Gasteiger partial charge in [0.2, 0.25) is 0 Å². The van der Waals surface area contributed by atoms with Crippen molar-refractivity contribution in [1.82, 2.24) is 0 Å². The van der Waals surface area contributed by atoms with E-state index in [2.05, 4.69) is 28.9 Å². The molecule has 0 saturated carbocycles. The normalized spacial score (nSPS) is 12.2. The van der Waals surface area contributed by atoms with Crippen molar-refractivity contribution in [2.75, 3.05) is 5.33 Å². The van der Waals surface area contributed by atoms with Crippen LogP contribution in [-0.4, -0.2) is 10.4 Å². The third-order valence-corrected chi connectivity index (χ3v) is 4.26. The SMILES string of the molecule is C[C@@H](CBr)c1ccc(OCc2ccccc2)c(CO)c1. The van der Waals surface area contributed by atoms with Gasteiger partial charge in [-0.2, -0.15) is 0 Å². The van der Waals surface area contributed by atoms with Crippen LogP contribution in [0.15, 0.2) is 48.5 Å². The summed E-state index contributed by atoms with van der Waals surface area (Å²) < 4.78 is 5.81. The first-order valence-corrected chi connectivity index (χ1v) is 7.83. The Kier molecular flexibility index (Phi) is 5.62. The average molecular weight is 335 g/mol. The highest BCUT2D eigenvalue weighted by atomic mass is 79.9. The molecule has 20 heavy (non-hydrogen) atoms. The lowest BCUT2D eigenvalue weighted by atomic mass is 10.0. The van der Waals surface area contributed by atoms with E-state index in [4.69, 9.17) is 4.74 Å². The summed E-state index contributed by atoms with van der Waals surface area (Å²) in [6.07, 6.45) is 0. The van der Waals surface area contributed by atoms with Crippen LogP contribution in [0.3, 0.4) is 0 Å². The molecule has 2 nitrogen and oxygen atoms in total. The van der Waals surface area contributed by atoms with Crippen LogP contribution in [0.4, 0.5) is 0 Å². The van der Waals surface area contributed by atoms with Crippen molar-refractivity contribution in [1.29, 1.82) is 0 Å². The van der Waals surface area contributed by atoms with Crippen LogP contribution in [0.25, 0.3) is 0 Å². The Morgan fingerprint density at radius 2 is 1.90 bits per heavy atom. The number of aliphatic hydroxyl groups excluding tert-OH is 1. The lowest BCUT2D eigenvalue weighted by molar-refractivity contribution is 0.259. The number of hydrogen-bond donors (Lipinski definition) is 1. The maximum Gasteiger partial charge on any atom is 0.125 e. The van der Waals surface area contributed by atoms with Gasteiger partial charge in [-0.1, -0.05) is 59.3 Å². The van der Waals surface area contributed by atoms with Gasteiger partial charge < -0.3 is 9.84 Å². The van der Waals surface area contributed by atoms with E-state index in [0.717, 1.165) is 22.2 Å². The molecule has 2 rings (SSSR count). The number of benzene rings is 2. The smallest absolute Gasteiger partial charge is 0.125 e. The fraction of sp³-hybridized carbons (Fsp3) is 0.294. The van der Waals surface area contributed by atoms with Crippen LogP contribution in [0.1, 0.15) is 29.5 Å². The van der Waals surface area contributed by atoms with Gasteiger partial charge in [-0.3, -0.25) is 0 Å². The number of halogens is 1. The van der Waals surface area contributed by atoms with Crippen LogP contribution in [-0.2, 0) is 13.2 Å². The Morgan fingerprint density at radius 3 is 2.55 bits per heavy atom. The first kappa shape index (κ1) is 15.1. The van der Waals surface area contributed by atoms with E-state index in [-0.39, 0.29) is 6.61 Å². The highest BCUT2D eigenvalue weighted by molar-refractivity contribution is 9.09. The molecule has 2 aromatic rings. The molecule has 0 heterocycles. The fourth-order valence-corrected chi connectivity index (χ4v) is 2.37. The minimum atomic E-state index is -0.00698. The van der Waals surface area contributed by atoms with Crippen molar-refractivity contribution >= 4 is 15.9 Å². The molecule has 2 aromatic carbocycles. The van der Waals surface area contributed by atoms with Crippen molar-refractivity contribution in [3.8, 4) is 5.75 Å². The van der Waals surface area contributed by atoms with Crippen molar-refractivity contribution in [3.63, 3.8) is 0 Å². The molecule has 0 fully saturated rings. The van der Waals surface area contributed by atoms with Gasteiger partial charge in [-0.25, -0.2) is 0 Å². The Bertz CT molecular complexity index is 540.